The molecule has 7 nitrogen and oxygen atoms in total. The van der Waals surface area contributed by atoms with Gasteiger partial charge in [-0.3, -0.25) is 9.78 Å². The summed E-state index contributed by atoms with van der Waals surface area (Å²) in [6.07, 6.45) is 3.11. The summed E-state index contributed by atoms with van der Waals surface area (Å²) in [6.45, 7) is 2.18. The van der Waals surface area contributed by atoms with E-state index in [2.05, 4.69) is 20.9 Å². The Morgan fingerprint density at radius 1 is 1.21 bits per heavy atom. The third kappa shape index (κ3) is 5.44. The highest BCUT2D eigenvalue weighted by molar-refractivity contribution is 6.32. The van der Waals surface area contributed by atoms with Gasteiger partial charge in [0.25, 0.3) is 0 Å². The summed E-state index contributed by atoms with van der Waals surface area (Å²) >= 11 is 6.04. The Hall–Kier alpha value is -2.80. The molecule has 2 aromatic rings. The standard InChI is InChI=1S/C16H17ClN4O3/c1-2-24-14-6-5-11(8-13(14)17)21-16(23)19-10-15(22)20-12-4-3-7-18-9-12/h3-9H,2,10H2,1H3,(H,20,22)(H2,19,21,23). The van der Waals surface area contributed by atoms with E-state index in [0.29, 0.717) is 28.8 Å². The minimum absolute atomic E-state index is 0.175. The van der Waals surface area contributed by atoms with Crippen molar-refractivity contribution < 1.29 is 14.3 Å². The molecule has 0 saturated carbocycles. The number of ether oxygens (including phenoxy) is 1. The van der Waals surface area contributed by atoms with Crippen LogP contribution in [0.5, 0.6) is 5.75 Å². The van der Waals surface area contributed by atoms with Crippen LogP contribution in [-0.4, -0.2) is 30.1 Å². The number of amides is 3. The normalized spacial score (nSPS) is 9.92. The number of nitrogens with zero attached hydrogens (tertiary/aromatic N) is 1. The molecule has 0 radical (unpaired) electrons. The third-order valence-electron chi connectivity index (χ3n) is 2.84. The molecule has 8 heteroatoms. The van der Waals surface area contributed by atoms with E-state index in [9.17, 15) is 9.59 Å². The Kier molecular flexibility index (Phi) is 6.39. The lowest BCUT2D eigenvalue weighted by Crippen LogP contribution is -2.35. The topological polar surface area (TPSA) is 92.4 Å². The molecule has 3 N–H and O–H groups in total. The van der Waals surface area contributed by atoms with Crippen molar-refractivity contribution in [3.63, 3.8) is 0 Å². The highest BCUT2D eigenvalue weighted by Gasteiger charge is 2.08. The third-order valence-corrected chi connectivity index (χ3v) is 3.14. The Labute approximate surface area is 144 Å². The summed E-state index contributed by atoms with van der Waals surface area (Å²) in [5, 5.41) is 8.05. The molecule has 2 rings (SSSR count). The van der Waals surface area contributed by atoms with Gasteiger partial charge >= 0.3 is 6.03 Å². The molecule has 0 spiro atoms. The number of urea groups is 1. The van der Waals surface area contributed by atoms with Crippen molar-refractivity contribution in [1.82, 2.24) is 10.3 Å². The molecule has 0 aliphatic carbocycles. The summed E-state index contributed by atoms with van der Waals surface area (Å²) in [5.41, 5.74) is 1.05. The van der Waals surface area contributed by atoms with Crippen molar-refractivity contribution >= 4 is 34.9 Å². The number of carbonyl (C=O) groups excluding carboxylic acids is 2. The van der Waals surface area contributed by atoms with Crippen LogP contribution in [0.3, 0.4) is 0 Å². The largest absolute Gasteiger partial charge is 0.492 e. The van der Waals surface area contributed by atoms with E-state index in [1.165, 1.54) is 6.20 Å². The maximum absolute atomic E-state index is 11.8. The Morgan fingerprint density at radius 3 is 2.71 bits per heavy atom. The lowest BCUT2D eigenvalue weighted by atomic mass is 10.3. The van der Waals surface area contributed by atoms with Crippen LogP contribution >= 0.6 is 11.6 Å². The second-order valence-corrected chi connectivity index (χ2v) is 5.08. The molecule has 0 aliphatic rings. The number of hydrogen-bond acceptors (Lipinski definition) is 4. The number of carbonyl (C=O) groups is 2. The molecule has 0 atom stereocenters. The Morgan fingerprint density at radius 2 is 2.04 bits per heavy atom. The van der Waals surface area contributed by atoms with Crippen molar-refractivity contribution in [3.8, 4) is 5.75 Å². The van der Waals surface area contributed by atoms with E-state index < -0.39 is 6.03 Å². The molecular formula is C16H17ClN4O3. The minimum Gasteiger partial charge on any atom is -0.492 e. The van der Waals surface area contributed by atoms with Gasteiger partial charge < -0.3 is 20.7 Å². The first-order valence-corrected chi connectivity index (χ1v) is 7.63. The Bertz CT molecular complexity index is 710. The van der Waals surface area contributed by atoms with E-state index in [1.54, 1.807) is 36.5 Å². The van der Waals surface area contributed by atoms with Gasteiger partial charge in [-0.25, -0.2) is 4.79 Å². The van der Waals surface area contributed by atoms with Gasteiger partial charge in [0.2, 0.25) is 5.91 Å². The van der Waals surface area contributed by atoms with Gasteiger partial charge in [-0.1, -0.05) is 11.6 Å². The predicted molar refractivity (Wildman–Crippen MR) is 92.5 cm³/mol. The molecule has 0 unspecified atom stereocenters. The van der Waals surface area contributed by atoms with E-state index in [1.807, 2.05) is 6.92 Å². The zero-order valence-corrected chi connectivity index (χ0v) is 13.8. The van der Waals surface area contributed by atoms with Crippen LogP contribution in [0.1, 0.15) is 6.92 Å². The van der Waals surface area contributed by atoms with E-state index in [0.717, 1.165) is 0 Å². The zero-order chi connectivity index (χ0) is 17.4. The predicted octanol–water partition coefficient (Wildman–Crippen LogP) is 2.89. The fourth-order valence-electron chi connectivity index (χ4n) is 1.83. The van der Waals surface area contributed by atoms with Gasteiger partial charge in [-0.15, -0.1) is 0 Å². The molecular weight excluding hydrogens is 332 g/mol. The first-order chi connectivity index (χ1) is 11.6. The summed E-state index contributed by atoms with van der Waals surface area (Å²) < 4.78 is 5.31. The molecule has 0 fully saturated rings. The molecule has 1 aromatic carbocycles. The first-order valence-electron chi connectivity index (χ1n) is 7.25. The van der Waals surface area contributed by atoms with Crippen LogP contribution in [0.15, 0.2) is 42.7 Å². The number of hydrogen-bond donors (Lipinski definition) is 3. The highest BCUT2D eigenvalue weighted by atomic mass is 35.5. The lowest BCUT2D eigenvalue weighted by Gasteiger charge is -2.10. The lowest BCUT2D eigenvalue weighted by molar-refractivity contribution is -0.115. The van der Waals surface area contributed by atoms with Crippen LogP contribution in [-0.2, 0) is 4.79 Å². The monoisotopic (exact) mass is 348 g/mol. The highest BCUT2D eigenvalue weighted by Crippen LogP contribution is 2.27. The fourth-order valence-corrected chi connectivity index (χ4v) is 2.06. The van der Waals surface area contributed by atoms with Gasteiger partial charge in [0.15, 0.2) is 0 Å². The molecule has 24 heavy (non-hydrogen) atoms. The number of benzene rings is 1. The molecule has 0 bridgehead atoms. The van der Waals surface area contributed by atoms with Crippen molar-refractivity contribution in [1.29, 1.82) is 0 Å². The van der Waals surface area contributed by atoms with Crippen LogP contribution in [0.25, 0.3) is 0 Å². The van der Waals surface area contributed by atoms with Crippen molar-refractivity contribution in [3.05, 3.63) is 47.7 Å². The van der Waals surface area contributed by atoms with Crippen molar-refractivity contribution in [2.45, 2.75) is 6.92 Å². The van der Waals surface area contributed by atoms with Crippen LogP contribution in [0, 0.1) is 0 Å². The van der Waals surface area contributed by atoms with Gasteiger partial charge in [0.05, 0.1) is 30.1 Å². The summed E-state index contributed by atoms with van der Waals surface area (Å²) in [7, 11) is 0. The summed E-state index contributed by atoms with van der Waals surface area (Å²) in [5.74, 6) is 0.184. The van der Waals surface area contributed by atoms with Gasteiger partial charge in [-0.2, -0.15) is 0 Å². The molecule has 1 heterocycles. The molecule has 126 valence electrons. The number of aromatic nitrogens is 1. The quantitative estimate of drug-likeness (QED) is 0.748. The van der Waals surface area contributed by atoms with Crippen LogP contribution in [0.4, 0.5) is 16.2 Å². The zero-order valence-electron chi connectivity index (χ0n) is 13.0. The molecule has 0 saturated heterocycles. The second-order valence-electron chi connectivity index (χ2n) is 4.68. The van der Waals surface area contributed by atoms with Crippen LogP contribution in [0.2, 0.25) is 5.02 Å². The maximum atomic E-state index is 11.8. The number of anilines is 2. The molecule has 0 aliphatic heterocycles. The van der Waals surface area contributed by atoms with Crippen molar-refractivity contribution in [2.24, 2.45) is 0 Å². The number of rotatable bonds is 6. The van der Waals surface area contributed by atoms with E-state index in [4.69, 9.17) is 16.3 Å². The first kappa shape index (κ1) is 17.6. The van der Waals surface area contributed by atoms with E-state index >= 15 is 0 Å². The average Bonchev–Trinajstić information content (AvgIpc) is 2.56. The van der Waals surface area contributed by atoms with Crippen molar-refractivity contribution in [2.75, 3.05) is 23.8 Å². The average molecular weight is 349 g/mol. The van der Waals surface area contributed by atoms with Gasteiger partial charge in [0, 0.05) is 11.9 Å². The van der Waals surface area contributed by atoms with E-state index in [-0.39, 0.29) is 12.5 Å². The number of pyridine rings is 1. The fraction of sp³-hybridized carbons (Fsp3) is 0.188. The molecule has 1 aromatic heterocycles. The smallest absolute Gasteiger partial charge is 0.319 e. The molecule has 3 amide bonds. The van der Waals surface area contributed by atoms with Gasteiger partial charge in [-0.05, 0) is 37.3 Å². The maximum Gasteiger partial charge on any atom is 0.319 e. The summed E-state index contributed by atoms with van der Waals surface area (Å²) in [4.78, 5) is 27.4. The number of nitrogens with one attached hydrogen (secondary N) is 3. The SMILES string of the molecule is CCOc1ccc(NC(=O)NCC(=O)Nc2cccnc2)cc1Cl. The Balaban J connectivity index is 1.80. The second kappa shape index (κ2) is 8.73. The summed E-state index contributed by atoms with van der Waals surface area (Å²) in [6, 6.07) is 7.78. The van der Waals surface area contributed by atoms with Gasteiger partial charge in [0.1, 0.15) is 5.75 Å². The minimum atomic E-state index is -0.517. The van der Waals surface area contributed by atoms with Crippen LogP contribution < -0.4 is 20.7 Å². The number of halogens is 1.